The Morgan fingerprint density at radius 2 is 1.93 bits per heavy atom. The van der Waals surface area contributed by atoms with E-state index in [9.17, 15) is 14.4 Å². The number of nitrogens with zero attached hydrogens (tertiary/aromatic N) is 2. The minimum Gasteiger partial charge on any atom is -0.493 e. The molecule has 2 fully saturated rings. The molecule has 0 radical (unpaired) electrons. The maximum Gasteiger partial charge on any atom is 0.289 e. The molecule has 0 aromatic heterocycles. The number of hydrogen-bond donors (Lipinski definition) is 0. The van der Waals surface area contributed by atoms with Crippen LogP contribution in [-0.4, -0.2) is 61.3 Å². The lowest BCUT2D eigenvalue weighted by atomic mass is 9.78. The average molecular weight is 374 g/mol. The third-order valence-corrected chi connectivity index (χ3v) is 5.61. The number of carbonyl (C=O) groups excluding carboxylic acids is 3. The van der Waals surface area contributed by atoms with Gasteiger partial charge in [-0.3, -0.25) is 14.4 Å². The Balaban J connectivity index is 1.79. The number of likely N-dealkylation sites (tertiary alicyclic amines) is 2. The first-order chi connectivity index (χ1) is 12.9. The summed E-state index contributed by atoms with van der Waals surface area (Å²) in [6.07, 6.45) is 2.23. The highest BCUT2D eigenvalue weighted by molar-refractivity contribution is 6.35. The molecule has 7 heteroatoms. The average Bonchev–Trinajstić information content (AvgIpc) is 3.09. The van der Waals surface area contributed by atoms with Crippen LogP contribution in [0.2, 0.25) is 0 Å². The number of rotatable bonds is 5. The lowest BCUT2D eigenvalue weighted by Crippen LogP contribution is -2.50. The molecule has 2 heterocycles. The number of ketones is 1. The molecule has 0 saturated carbocycles. The SMILES string of the molecule is COc1cccc(CN2CCC[C@]3(CCN(C(=O)C(C)=O)C3)C2=O)c1OC. The van der Waals surface area contributed by atoms with Crippen molar-refractivity contribution >= 4 is 17.6 Å². The molecule has 2 amide bonds. The lowest BCUT2D eigenvalue weighted by molar-refractivity contribution is -0.148. The second-order valence-electron chi connectivity index (χ2n) is 7.30. The van der Waals surface area contributed by atoms with E-state index in [0.29, 0.717) is 44.1 Å². The van der Waals surface area contributed by atoms with E-state index in [1.54, 1.807) is 14.2 Å². The van der Waals surface area contributed by atoms with Gasteiger partial charge in [-0.05, 0) is 25.3 Å². The molecule has 1 aromatic carbocycles. The minimum atomic E-state index is -0.574. The predicted octanol–water partition coefficient (Wildman–Crippen LogP) is 1.63. The van der Waals surface area contributed by atoms with E-state index in [2.05, 4.69) is 0 Å². The van der Waals surface area contributed by atoms with Crippen molar-refractivity contribution in [2.75, 3.05) is 33.9 Å². The summed E-state index contributed by atoms with van der Waals surface area (Å²) in [6.45, 7) is 3.16. The number of benzene rings is 1. The molecular weight excluding hydrogens is 348 g/mol. The van der Waals surface area contributed by atoms with E-state index < -0.39 is 17.1 Å². The molecule has 2 saturated heterocycles. The van der Waals surface area contributed by atoms with Gasteiger partial charge in [0, 0.05) is 38.7 Å². The topological polar surface area (TPSA) is 76.2 Å². The Hall–Kier alpha value is -2.57. The molecule has 2 aliphatic heterocycles. The van der Waals surface area contributed by atoms with Gasteiger partial charge < -0.3 is 19.3 Å². The highest BCUT2D eigenvalue weighted by Crippen LogP contribution is 2.41. The predicted molar refractivity (Wildman–Crippen MR) is 98.5 cm³/mol. The number of Topliss-reactive ketones (excluding diaryl/α,β-unsaturated/α-hetero) is 1. The second kappa shape index (κ2) is 7.58. The molecule has 7 nitrogen and oxygen atoms in total. The number of piperidine rings is 1. The van der Waals surface area contributed by atoms with Gasteiger partial charge >= 0.3 is 0 Å². The van der Waals surface area contributed by atoms with Crippen LogP contribution >= 0.6 is 0 Å². The highest BCUT2D eigenvalue weighted by Gasteiger charge is 2.49. The fourth-order valence-electron chi connectivity index (χ4n) is 4.23. The third kappa shape index (κ3) is 3.50. The number of hydrogen-bond acceptors (Lipinski definition) is 5. The van der Waals surface area contributed by atoms with Crippen molar-refractivity contribution in [1.82, 2.24) is 9.80 Å². The van der Waals surface area contributed by atoms with E-state index in [1.165, 1.54) is 11.8 Å². The van der Waals surface area contributed by atoms with E-state index in [-0.39, 0.29) is 5.91 Å². The number of para-hydroxylation sites is 1. The third-order valence-electron chi connectivity index (χ3n) is 5.61. The van der Waals surface area contributed by atoms with Crippen LogP contribution < -0.4 is 9.47 Å². The zero-order valence-corrected chi connectivity index (χ0v) is 16.1. The van der Waals surface area contributed by atoms with Crippen LogP contribution in [0.15, 0.2) is 18.2 Å². The Kier molecular flexibility index (Phi) is 5.39. The lowest BCUT2D eigenvalue weighted by Gasteiger charge is -2.39. The van der Waals surface area contributed by atoms with Crippen molar-refractivity contribution in [3.8, 4) is 11.5 Å². The summed E-state index contributed by atoms with van der Waals surface area (Å²) < 4.78 is 10.8. The normalized spacial score (nSPS) is 22.3. The van der Waals surface area contributed by atoms with Crippen molar-refractivity contribution in [1.29, 1.82) is 0 Å². The van der Waals surface area contributed by atoms with E-state index in [1.807, 2.05) is 23.1 Å². The van der Waals surface area contributed by atoms with Gasteiger partial charge in [0.2, 0.25) is 11.7 Å². The Bertz CT molecular complexity index is 763. The molecule has 2 aliphatic rings. The summed E-state index contributed by atoms with van der Waals surface area (Å²) >= 11 is 0. The smallest absolute Gasteiger partial charge is 0.289 e. The molecule has 27 heavy (non-hydrogen) atoms. The van der Waals surface area contributed by atoms with E-state index in [0.717, 1.165) is 18.4 Å². The van der Waals surface area contributed by atoms with Crippen LogP contribution in [0.25, 0.3) is 0 Å². The molecule has 1 atom stereocenters. The molecule has 0 N–H and O–H groups in total. The summed E-state index contributed by atoms with van der Waals surface area (Å²) in [4.78, 5) is 40.1. The van der Waals surface area contributed by atoms with Crippen molar-refractivity contribution in [3.05, 3.63) is 23.8 Å². The first-order valence-corrected chi connectivity index (χ1v) is 9.21. The van der Waals surface area contributed by atoms with Gasteiger partial charge in [-0.15, -0.1) is 0 Å². The first kappa shape index (κ1) is 19.2. The van der Waals surface area contributed by atoms with Crippen LogP contribution in [-0.2, 0) is 20.9 Å². The Morgan fingerprint density at radius 1 is 1.15 bits per heavy atom. The monoisotopic (exact) mass is 374 g/mol. The van der Waals surface area contributed by atoms with Crippen molar-refractivity contribution < 1.29 is 23.9 Å². The van der Waals surface area contributed by atoms with Crippen LogP contribution in [0, 0.1) is 5.41 Å². The molecule has 0 unspecified atom stereocenters. The molecular formula is C20H26N2O5. The summed E-state index contributed by atoms with van der Waals surface area (Å²) in [5.41, 5.74) is 0.312. The quantitative estimate of drug-likeness (QED) is 0.733. The van der Waals surface area contributed by atoms with Gasteiger partial charge in [-0.2, -0.15) is 0 Å². The largest absolute Gasteiger partial charge is 0.493 e. The number of methoxy groups -OCH3 is 2. The second-order valence-corrected chi connectivity index (χ2v) is 7.30. The highest BCUT2D eigenvalue weighted by atomic mass is 16.5. The summed E-state index contributed by atoms with van der Waals surface area (Å²) in [5.74, 6) is 0.345. The molecule has 146 valence electrons. The maximum absolute atomic E-state index is 13.3. The Morgan fingerprint density at radius 3 is 2.59 bits per heavy atom. The maximum atomic E-state index is 13.3. The Labute approximate surface area is 159 Å². The summed E-state index contributed by atoms with van der Waals surface area (Å²) in [5, 5.41) is 0. The van der Waals surface area contributed by atoms with Gasteiger partial charge in [-0.1, -0.05) is 12.1 Å². The number of amides is 2. The first-order valence-electron chi connectivity index (χ1n) is 9.21. The van der Waals surface area contributed by atoms with Gasteiger partial charge in [0.1, 0.15) is 0 Å². The molecule has 0 aliphatic carbocycles. The van der Waals surface area contributed by atoms with Gasteiger partial charge in [0.25, 0.3) is 5.91 Å². The summed E-state index contributed by atoms with van der Waals surface area (Å²) in [7, 11) is 3.17. The number of ether oxygens (including phenoxy) is 2. The van der Waals surface area contributed by atoms with Crippen molar-refractivity contribution in [3.63, 3.8) is 0 Å². The van der Waals surface area contributed by atoms with E-state index in [4.69, 9.17) is 9.47 Å². The van der Waals surface area contributed by atoms with Gasteiger partial charge in [0.15, 0.2) is 11.5 Å². The van der Waals surface area contributed by atoms with E-state index >= 15 is 0 Å². The van der Waals surface area contributed by atoms with Gasteiger partial charge in [0.05, 0.1) is 19.6 Å². The fourth-order valence-corrected chi connectivity index (χ4v) is 4.23. The molecule has 1 spiro atoms. The zero-order valence-electron chi connectivity index (χ0n) is 16.1. The van der Waals surface area contributed by atoms with Crippen LogP contribution in [0.1, 0.15) is 31.7 Å². The number of carbonyl (C=O) groups is 3. The van der Waals surface area contributed by atoms with Gasteiger partial charge in [-0.25, -0.2) is 0 Å². The van der Waals surface area contributed by atoms with Crippen LogP contribution in [0.3, 0.4) is 0 Å². The molecule has 3 rings (SSSR count). The fraction of sp³-hybridized carbons (Fsp3) is 0.550. The van der Waals surface area contributed by atoms with Crippen molar-refractivity contribution in [2.45, 2.75) is 32.7 Å². The standard InChI is InChI=1S/C20H26N2O5/c1-14(23)18(24)22-11-9-20(13-22)8-5-10-21(19(20)25)12-15-6-4-7-16(26-2)17(15)27-3/h4,6-7H,5,8-13H2,1-3H3/t20-/m1/s1. The zero-order chi connectivity index (χ0) is 19.6. The van der Waals surface area contributed by atoms with Crippen LogP contribution in [0.4, 0.5) is 0 Å². The minimum absolute atomic E-state index is 0.0532. The van der Waals surface area contributed by atoms with Crippen molar-refractivity contribution in [2.24, 2.45) is 5.41 Å². The molecule has 1 aromatic rings. The summed E-state index contributed by atoms with van der Waals surface area (Å²) in [6, 6.07) is 5.63. The molecule has 0 bridgehead atoms. The van der Waals surface area contributed by atoms with Crippen LogP contribution in [0.5, 0.6) is 11.5 Å².